The van der Waals surface area contributed by atoms with Gasteiger partial charge in [-0.2, -0.15) is 0 Å². The van der Waals surface area contributed by atoms with Crippen molar-refractivity contribution in [3.8, 4) is 0 Å². The van der Waals surface area contributed by atoms with Crippen LogP contribution in [-0.2, 0) is 11.3 Å². The first-order valence-corrected chi connectivity index (χ1v) is 8.19. The molecule has 0 aliphatic carbocycles. The van der Waals surface area contributed by atoms with E-state index in [1.807, 2.05) is 4.57 Å². The molecule has 1 aliphatic heterocycles. The molecule has 6 nitrogen and oxygen atoms in total. The molecule has 138 valence electrons. The van der Waals surface area contributed by atoms with E-state index in [2.05, 4.69) is 5.32 Å². The van der Waals surface area contributed by atoms with E-state index in [0.717, 1.165) is 18.2 Å². The lowest BCUT2D eigenvalue weighted by atomic mass is 10.1. The van der Waals surface area contributed by atoms with Gasteiger partial charge in [0, 0.05) is 32.9 Å². The summed E-state index contributed by atoms with van der Waals surface area (Å²) >= 11 is 0. The molecule has 0 bridgehead atoms. The average Bonchev–Trinajstić information content (AvgIpc) is 3.10. The van der Waals surface area contributed by atoms with Crippen molar-refractivity contribution in [1.82, 2.24) is 14.8 Å². The van der Waals surface area contributed by atoms with E-state index in [-0.39, 0.29) is 24.1 Å². The third-order valence-corrected chi connectivity index (χ3v) is 4.37. The molecule has 2 aromatic rings. The van der Waals surface area contributed by atoms with Gasteiger partial charge in [0.05, 0.1) is 18.2 Å². The van der Waals surface area contributed by atoms with E-state index in [0.29, 0.717) is 25.4 Å². The van der Waals surface area contributed by atoms with Crippen LogP contribution in [0.1, 0.15) is 20.8 Å². The number of aromatic nitrogens is 1. The van der Waals surface area contributed by atoms with Gasteiger partial charge in [-0.25, -0.2) is 8.78 Å². The molecule has 1 aliphatic rings. The van der Waals surface area contributed by atoms with Crippen molar-refractivity contribution in [2.24, 2.45) is 0 Å². The van der Waals surface area contributed by atoms with Crippen molar-refractivity contribution in [1.29, 1.82) is 0 Å². The standard InChI is InChI=1S/C18H19F2N3O3/c1-26-8-7-23-13(11-22-6-2-3-16(22)18(23)25)10-21-17(24)14-9-12(19)4-5-15(14)20/h2-6,9,13H,7-8,10-11H2,1H3,(H,21,24). The number of nitrogens with one attached hydrogen (secondary N) is 1. The maximum atomic E-state index is 13.7. The van der Waals surface area contributed by atoms with Crippen molar-refractivity contribution in [2.75, 3.05) is 26.8 Å². The number of carbonyl (C=O) groups excluding carboxylic acids is 2. The summed E-state index contributed by atoms with van der Waals surface area (Å²) in [6, 6.07) is 5.91. The molecule has 0 radical (unpaired) electrons. The minimum absolute atomic E-state index is 0.113. The Bertz CT molecular complexity index is 822. The Hall–Kier alpha value is -2.74. The normalized spacial score (nSPS) is 16.5. The fourth-order valence-corrected chi connectivity index (χ4v) is 3.03. The Balaban J connectivity index is 1.73. The van der Waals surface area contributed by atoms with Gasteiger partial charge in [0.1, 0.15) is 17.3 Å². The number of amides is 2. The average molecular weight is 363 g/mol. The van der Waals surface area contributed by atoms with Crippen LogP contribution in [0.25, 0.3) is 0 Å². The van der Waals surface area contributed by atoms with Crippen LogP contribution in [-0.4, -0.2) is 54.1 Å². The number of hydrogen-bond donors (Lipinski definition) is 1. The fourth-order valence-electron chi connectivity index (χ4n) is 3.03. The van der Waals surface area contributed by atoms with Gasteiger partial charge in [-0.15, -0.1) is 0 Å². The number of benzene rings is 1. The lowest BCUT2D eigenvalue weighted by molar-refractivity contribution is 0.0504. The summed E-state index contributed by atoms with van der Waals surface area (Å²) in [5, 5.41) is 2.59. The first kappa shape index (κ1) is 18.1. The third-order valence-electron chi connectivity index (χ3n) is 4.37. The van der Waals surface area contributed by atoms with E-state index in [4.69, 9.17) is 4.74 Å². The molecule has 0 saturated carbocycles. The smallest absolute Gasteiger partial charge is 0.270 e. The quantitative estimate of drug-likeness (QED) is 0.849. The largest absolute Gasteiger partial charge is 0.383 e. The molecule has 3 rings (SSSR count). The summed E-state index contributed by atoms with van der Waals surface area (Å²) in [6.45, 7) is 1.33. The number of methoxy groups -OCH3 is 1. The topological polar surface area (TPSA) is 63.6 Å². The first-order chi connectivity index (χ1) is 12.5. The summed E-state index contributed by atoms with van der Waals surface area (Å²) < 4.78 is 33.9. The highest BCUT2D eigenvalue weighted by Gasteiger charge is 2.32. The van der Waals surface area contributed by atoms with Crippen LogP contribution in [0.3, 0.4) is 0 Å². The number of ether oxygens (including phenoxy) is 1. The van der Waals surface area contributed by atoms with Gasteiger partial charge in [-0.3, -0.25) is 9.59 Å². The van der Waals surface area contributed by atoms with Gasteiger partial charge in [0.15, 0.2) is 0 Å². The third kappa shape index (κ3) is 3.60. The highest BCUT2D eigenvalue weighted by Crippen LogP contribution is 2.18. The van der Waals surface area contributed by atoms with Crippen LogP contribution in [0, 0.1) is 11.6 Å². The van der Waals surface area contributed by atoms with Crippen molar-refractivity contribution in [3.63, 3.8) is 0 Å². The van der Waals surface area contributed by atoms with Crippen molar-refractivity contribution in [2.45, 2.75) is 12.6 Å². The summed E-state index contributed by atoms with van der Waals surface area (Å²) in [7, 11) is 1.54. The number of halogens is 2. The zero-order valence-electron chi connectivity index (χ0n) is 14.2. The number of fused-ring (bicyclic) bond motifs is 1. The summed E-state index contributed by atoms with van der Waals surface area (Å²) in [5.74, 6) is -2.37. The molecule has 0 fully saturated rings. The van der Waals surface area contributed by atoms with E-state index in [1.54, 1.807) is 30.3 Å². The van der Waals surface area contributed by atoms with E-state index in [9.17, 15) is 18.4 Å². The maximum Gasteiger partial charge on any atom is 0.270 e. The molecule has 1 aromatic heterocycles. The Morgan fingerprint density at radius 1 is 1.35 bits per heavy atom. The van der Waals surface area contributed by atoms with Crippen molar-refractivity contribution >= 4 is 11.8 Å². The Morgan fingerprint density at radius 3 is 2.92 bits per heavy atom. The molecule has 2 heterocycles. The van der Waals surface area contributed by atoms with Crippen LogP contribution >= 0.6 is 0 Å². The van der Waals surface area contributed by atoms with E-state index < -0.39 is 17.5 Å². The van der Waals surface area contributed by atoms with E-state index >= 15 is 0 Å². The monoisotopic (exact) mass is 363 g/mol. The molecule has 2 amide bonds. The molecular weight excluding hydrogens is 344 g/mol. The van der Waals surface area contributed by atoms with Crippen LogP contribution in [0.15, 0.2) is 36.5 Å². The number of rotatable bonds is 6. The number of carbonyl (C=O) groups is 2. The Morgan fingerprint density at radius 2 is 2.15 bits per heavy atom. The molecule has 0 saturated heterocycles. The predicted molar refractivity (Wildman–Crippen MR) is 89.8 cm³/mol. The van der Waals surface area contributed by atoms with Crippen LogP contribution in [0.5, 0.6) is 0 Å². The van der Waals surface area contributed by atoms with Crippen LogP contribution in [0.4, 0.5) is 8.78 Å². The molecule has 0 spiro atoms. The highest BCUT2D eigenvalue weighted by atomic mass is 19.1. The highest BCUT2D eigenvalue weighted by molar-refractivity contribution is 5.95. The summed E-state index contributed by atoms with van der Waals surface area (Å²) in [6.07, 6.45) is 1.79. The van der Waals surface area contributed by atoms with Gasteiger partial charge in [0.2, 0.25) is 0 Å². The number of nitrogens with zero attached hydrogens (tertiary/aromatic N) is 2. The van der Waals surface area contributed by atoms with Crippen molar-refractivity contribution in [3.05, 3.63) is 59.4 Å². The number of hydrogen-bond acceptors (Lipinski definition) is 3. The van der Waals surface area contributed by atoms with Gasteiger partial charge in [0.25, 0.3) is 11.8 Å². The zero-order chi connectivity index (χ0) is 18.7. The zero-order valence-corrected chi connectivity index (χ0v) is 14.2. The molecule has 8 heteroatoms. The lowest BCUT2D eigenvalue weighted by Crippen LogP contribution is -2.53. The minimum atomic E-state index is -0.799. The Labute approximate surface area is 149 Å². The van der Waals surface area contributed by atoms with Crippen LogP contribution < -0.4 is 5.32 Å². The fraction of sp³-hybridized carbons (Fsp3) is 0.333. The van der Waals surface area contributed by atoms with Crippen molar-refractivity contribution < 1.29 is 23.1 Å². The Kier molecular flexibility index (Phi) is 5.32. The van der Waals surface area contributed by atoms with Gasteiger partial charge < -0.3 is 19.5 Å². The summed E-state index contributed by atoms with van der Waals surface area (Å²) in [4.78, 5) is 26.5. The van der Waals surface area contributed by atoms with E-state index in [1.165, 1.54) is 0 Å². The predicted octanol–water partition coefficient (Wildman–Crippen LogP) is 1.67. The molecule has 1 atom stereocenters. The second-order valence-corrected chi connectivity index (χ2v) is 6.03. The first-order valence-electron chi connectivity index (χ1n) is 8.19. The minimum Gasteiger partial charge on any atom is -0.383 e. The second-order valence-electron chi connectivity index (χ2n) is 6.03. The van der Waals surface area contributed by atoms with Gasteiger partial charge in [-0.05, 0) is 30.3 Å². The molecule has 1 unspecified atom stereocenters. The molecule has 1 N–H and O–H groups in total. The molecular formula is C18H19F2N3O3. The van der Waals surface area contributed by atoms with Crippen LogP contribution in [0.2, 0.25) is 0 Å². The maximum absolute atomic E-state index is 13.7. The molecule has 26 heavy (non-hydrogen) atoms. The lowest BCUT2D eigenvalue weighted by Gasteiger charge is -2.36. The second kappa shape index (κ2) is 7.65. The molecule has 1 aromatic carbocycles. The van der Waals surface area contributed by atoms with Gasteiger partial charge in [-0.1, -0.05) is 0 Å². The van der Waals surface area contributed by atoms with Gasteiger partial charge >= 0.3 is 0 Å². The summed E-state index contributed by atoms with van der Waals surface area (Å²) in [5.41, 5.74) is 0.206. The SMILES string of the molecule is COCCN1C(=O)c2cccn2CC1CNC(=O)c1cc(F)ccc1F.